The molecule has 1 aromatic rings. The molecule has 1 rings (SSSR count). The fraction of sp³-hybridized carbons (Fsp3) is 0.571. The van der Waals surface area contributed by atoms with Gasteiger partial charge in [0, 0.05) is 7.11 Å². The van der Waals surface area contributed by atoms with Crippen LogP contribution in [-0.2, 0) is 15.9 Å². The molecule has 0 saturated carbocycles. The second kappa shape index (κ2) is 8.91. The van der Waals surface area contributed by atoms with E-state index in [2.05, 4.69) is 0 Å². The molecule has 0 aliphatic rings. The molecule has 0 aliphatic heterocycles. The Hall–Kier alpha value is -1.10. The Bertz CT molecular complexity index is 313. The first kappa shape index (κ1) is 15.0. The monoisotopic (exact) mass is 253 g/mol. The van der Waals surface area contributed by atoms with Crippen LogP contribution in [0.25, 0.3) is 0 Å². The summed E-state index contributed by atoms with van der Waals surface area (Å²) in [5.41, 5.74) is 6.72. The normalized spacial score (nSPS) is 12.4. The molecule has 0 spiro atoms. The second-order valence-electron chi connectivity index (χ2n) is 4.17. The number of hydrogen-bond donors (Lipinski definition) is 1. The van der Waals surface area contributed by atoms with Gasteiger partial charge >= 0.3 is 0 Å². The lowest BCUT2D eigenvalue weighted by molar-refractivity contribution is -0.00214. The molecule has 4 heteroatoms. The van der Waals surface area contributed by atoms with Crippen molar-refractivity contribution in [3.63, 3.8) is 0 Å². The van der Waals surface area contributed by atoms with E-state index in [9.17, 15) is 0 Å². The van der Waals surface area contributed by atoms with Crippen LogP contribution in [0, 0.1) is 0 Å². The van der Waals surface area contributed by atoms with Gasteiger partial charge in [0.15, 0.2) is 0 Å². The second-order valence-corrected chi connectivity index (χ2v) is 4.17. The quantitative estimate of drug-likeness (QED) is 0.679. The van der Waals surface area contributed by atoms with Crippen LogP contribution in [0.2, 0.25) is 0 Å². The van der Waals surface area contributed by atoms with Crippen molar-refractivity contribution in [1.82, 2.24) is 0 Å². The third-order valence-electron chi connectivity index (χ3n) is 2.51. The molecule has 0 aromatic heterocycles. The lowest BCUT2D eigenvalue weighted by Crippen LogP contribution is -2.18. The Kier molecular flexibility index (Phi) is 7.41. The van der Waals surface area contributed by atoms with Crippen molar-refractivity contribution in [2.45, 2.75) is 19.4 Å². The molecule has 0 radical (unpaired) electrons. The summed E-state index contributed by atoms with van der Waals surface area (Å²) in [5, 5.41) is 0. The molecule has 0 saturated heterocycles. The van der Waals surface area contributed by atoms with Crippen molar-refractivity contribution in [3.05, 3.63) is 29.8 Å². The van der Waals surface area contributed by atoms with E-state index in [1.54, 1.807) is 7.11 Å². The molecule has 0 amide bonds. The fourth-order valence-corrected chi connectivity index (χ4v) is 1.61. The van der Waals surface area contributed by atoms with Crippen LogP contribution in [0.1, 0.15) is 12.5 Å². The Labute approximate surface area is 109 Å². The largest absolute Gasteiger partial charge is 0.491 e. The molecule has 1 unspecified atom stereocenters. The summed E-state index contributed by atoms with van der Waals surface area (Å²) in [6.07, 6.45) is 1.00. The van der Waals surface area contributed by atoms with Gasteiger partial charge in [-0.15, -0.1) is 0 Å². The maximum absolute atomic E-state index is 5.57. The molecule has 0 fully saturated rings. The molecular weight excluding hydrogens is 230 g/mol. The summed E-state index contributed by atoms with van der Waals surface area (Å²) in [6.45, 7) is 4.36. The maximum Gasteiger partial charge on any atom is 0.119 e. The van der Waals surface area contributed by atoms with Crippen molar-refractivity contribution in [2.24, 2.45) is 5.73 Å². The lowest BCUT2D eigenvalue weighted by atomic mass is 10.1. The van der Waals surface area contributed by atoms with Gasteiger partial charge in [-0.25, -0.2) is 0 Å². The molecule has 0 bridgehead atoms. The first-order valence-corrected chi connectivity index (χ1v) is 6.28. The molecule has 102 valence electrons. The van der Waals surface area contributed by atoms with E-state index in [4.69, 9.17) is 19.9 Å². The highest BCUT2D eigenvalue weighted by Crippen LogP contribution is 2.12. The summed E-state index contributed by atoms with van der Waals surface area (Å²) in [6, 6.07) is 8.00. The predicted octanol–water partition coefficient (Wildman–Crippen LogP) is 1.62. The van der Waals surface area contributed by atoms with Gasteiger partial charge in [-0.2, -0.15) is 0 Å². The van der Waals surface area contributed by atoms with Gasteiger partial charge in [0.1, 0.15) is 12.4 Å². The molecule has 1 aromatic carbocycles. The number of ether oxygens (including phenoxy) is 3. The minimum absolute atomic E-state index is 0.102. The first-order chi connectivity index (χ1) is 8.76. The van der Waals surface area contributed by atoms with Crippen LogP contribution in [0.3, 0.4) is 0 Å². The molecule has 18 heavy (non-hydrogen) atoms. The first-order valence-electron chi connectivity index (χ1n) is 6.28. The van der Waals surface area contributed by atoms with E-state index >= 15 is 0 Å². The number of nitrogens with two attached hydrogens (primary N) is 1. The smallest absolute Gasteiger partial charge is 0.119 e. The highest BCUT2D eigenvalue weighted by molar-refractivity contribution is 5.27. The summed E-state index contributed by atoms with van der Waals surface area (Å²) < 4.78 is 16.0. The zero-order valence-corrected chi connectivity index (χ0v) is 11.2. The van der Waals surface area contributed by atoms with Crippen LogP contribution in [0.4, 0.5) is 0 Å². The summed E-state index contributed by atoms with van der Waals surface area (Å²) in [5.74, 6) is 0.860. The van der Waals surface area contributed by atoms with Gasteiger partial charge < -0.3 is 19.9 Å². The van der Waals surface area contributed by atoms with Gasteiger partial charge in [0.2, 0.25) is 0 Å². The van der Waals surface area contributed by atoms with E-state index in [-0.39, 0.29) is 6.10 Å². The van der Waals surface area contributed by atoms with E-state index in [1.807, 2.05) is 31.2 Å². The Morgan fingerprint density at radius 2 is 1.89 bits per heavy atom. The topological polar surface area (TPSA) is 53.7 Å². The summed E-state index contributed by atoms with van der Waals surface area (Å²) in [7, 11) is 1.67. The molecule has 4 nitrogen and oxygen atoms in total. The van der Waals surface area contributed by atoms with Crippen molar-refractivity contribution in [3.8, 4) is 5.75 Å². The van der Waals surface area contributed by atoms with Gasteiger partial charge in [0.25, 0.3) is 0 Å². The van der Waals surface area contributed by atoms with Gasteiger partial charge in [-0.1, -0.05) is 12.1 Å². The van der Waals surface area contributed by atoms with Gasteiger partial charge in [-0.05, 0) is 37.6 Å². The Morgan fingerprint density at radius 1 is 1.17 bits per heavy atom. The summed E-state index contributed by atoms with van der Waals surface area (Å²) in [4.78, 5) is 0. The zero-order valence-electron chi connectivity index (χ0n) is 11.2. The van der Waals surface area contributed by atoms with E-state index in [1.165, 1.54) is 5.56 Å². The number of methoxy groups -OCH3 is 1. The minimum Gasteiger partial charge on any atom is -0.491 e. The molecular formula is C14H23NO3. The van der Waals surface area contributed by atoms with Crippen molar-refractivity contribution >= 4 is 0 Å². The van der Waals surface area contributed by atoms with E-state index in [0.29, 0.717) is 26.4 Å². The standard InChI is InChI=1S/C14H23NO3/c1-12(11-16-2)17-9-10-18-14-5-3-13(4-6-14)7-8-15/h3-6,12H,7-11,15H2,1-2H3. The molecule has 0 heterocycles. The van der Waals surface area contributed by atoms with Crippen LogP contribution in [0.5, 0.6) is 5.75 Å². The maximum atomic E-state index is 5.57. The number of hydrogen-bond acceptors (Lipinski definition) is 4. The average molecular weight is 253 g/mol. The van der Waals surface area contributed by atoms with Crippen molar-refractivity contribution < 1.29 is 14.2 Å². The third kappa shape index (κ3) is 6.00. The zero-order chi connectivity index (χ0) is 13.2. The third-order valence-corrected chi connectivity index (χ3v) is 2.51. The highest BCUT2D eigenvalue weighted by Gasteiger charge is 2.01. The Morgan fingerprint density at radius 3 is 2.50 bits per heavy atom. The fourth-order valence-electron chi connectivity index (χ4n) is 1.61. The lowest BCUT2D eigenvalue weighted by Gasteiger charge is -2.12. The predicted molar refractivity (Wildman–Crippen MR) is 72.0 cm³/mol. The summed E-state index contributed by atoms with van der Waals surface area (Å²) >= 11 is 0. The number of benzene rings is 1. The molecule has 2 N–H and O–H groups in total. The molecule has 1 atom stereocenters. The van der Waals surface area contributed by atoms with E-state index in [0.717, 1.165) is 12.2 Å². The van der Waals surface area contributed by atoms with Crippen LogP contribution in [0.15, 0.2) is 24.3 Å². The van der Waals surface area contributed by atoms with Crippen molar-refractivity contribution in [1.29, 1.82) is 0 Å². The van der Waals surface area contributed by atoms with Crippen molar-refractivity contribution in [2.75, 3.05) is 33.5 Å². The highest BCUT2D eigenvalue weighted by atomic mass is 16.5. The Balaban J connectivity index is 2.19. The van der Waals surface area contributed by atoms with Gasteiger partial charge in [-0.3, -0.25) is 0 Å². The SMILES string of the molecule is COCC(C)OCCOc1ccc(CCN)cc1. The minimum atomic E-state index is 0.102. The average Bonchev–Trinajstić information content (AvgIpc) is 2.37. The van der Waals surface area contributed by atoms with Crippen LogP contribution in [-0.4, -0.2) is 39.6 Å². The molecule has 0 aliphatic carbocycles. The van der Waals surface area contributed by atoms with Gasteiger partial charge in [0.05, 0.1) is 19.3 Å². The van der Waals surface area contributed by atoms with Crippen LogP contribution < -0.4 is 10.5 Å². The van der Waals surface area contributed by atoms with E-state index < -0.39 is 0 Å². The van der Waals surface area contributed by atoms with Crippen LogP contribution >= 0.6 is 0 Å². The number of rotatable bonds is 9.